The number of aromatic nitrogens is 1. The minimum absolute atomic E-state index is 0.219. The smallest absolute Gasteiger partial charge is 0.408 e. The van der Waals surface area contributed by atoms with E-state index < -0.39 is 17.7 Å². The van der Waals surface area contributed by atoms with Gasteiger partial charge in [0.2, 0.25) is 0 Å². The number of nitrogens with zero attached hydrogens (tertiary/aromatic N) is 2. The quantitative estimate of drug-likeness (QED) is 0.739. The van der Waals surface area contributed by atoms with Crippen molar-refractivity contribution in [2.45, 2.75) is 58.4 Å². The third-order valence-electron chi connectivity index (χ3n) is 4.57. The maximum Gasteiger partial charge on any atom is 0.408 e. The summed E-state index contributed by atoms with van der Waals surface area (Å²) in [5.41, 5.74) is 0.261. The molecule has 0 radical (unpaired) electrons. The molecule has 0 spiro atoms. The van der Waals surface area contributed by atoms with Crippen LogP contribution in [0.3, 0.4) is 0 Å². The van der Waals surface area contributed by atoms with Crippen LogP contribution in [0.1, 0.15) is 39.8 Å². The SMILES string of the molecule is C[C@H]1C[C@@H](OC(=O)CNC(=O)OC(C)(C)C)CN1Cc1ccc2c(n1)OCCO2. The van der Waals surface area contributed by atoms with Crippen LogP contribution in [-0.2, 0) is 20.8 Å². The Kier molecular flexibility index (Phi) is 6.46. The number of carbonyl (C=O) groups excluding carboxylic acids is 2. The molecule has 1 saturated heterocycles. The van der Waals surface area contributed by atoms with Crippen LogP contribution in [0.25, 0.3) is 0 Å². The van der Waals surface area contributed by atoms with Crippen molar-refractivity contribution in [1.82, 2.24) is 15.2 Å². The molecular weight excluding hydrogens is 378 g/mol. The number of carbonyl (C=O) groups is 2. The molecule has 2 aliphatic heterocycles. The van der Waals surface area contributed by atoms with E-state index in [-0.39, 0.29) is 18.7 Å². The summed E-state index contributed by atoms with van der Waals surface area (Å²) < 4.78 is 21.6. The van der Waals surface area contributed by atoms with Gasteiger partial charge < -0.3 is 24.3 Å². The van der Waals surface area contributed by atoms with Gasteiger partial charge >= 0.3 is 12.1 Å². The Hall–Kier alpha value is -2.55. The predicted molar refractivity (Wildman–Crippen MR) is 104 cm³/mol. The van der Waals surface area contributed by atoms with E-state index in [0.717, 1.165) is 12.1 Å². The normalized spacial score (nSPS) is 21.5. The Morgan fingerprint density at radius 3 is 2.79 bits per heavy atom. The van der Waals surface area contributed by atoms with Gasteiger partial charge in [-0.25, -0.2) is 9.78 Å². The van der Waals surface area contributed by atoms with Crippen LogP contribution >= 0.6 is 0 Å². The monoisotopic (exact) mass is 407 g/mol. The van der Waals surface area contributed by atoms with Gasteiger partial charge in [-0.15, -0.1) is 0 Å². The highest BCUT2D eigenvalue weighted by Gasteiger charge is 2.32. The van der Waals surface area contributed by atoms with Crippen LogP contribution in [0.15, 0.2) is 12.1 Å². The van der Waals surface area contributed by atoms with Gasteiger partial charge in [0, 0.05) is 25.6 Å². The molecular formula is C20H29N3O6. The standard InChI is InChI=1S/C20H29N3O6/c1-13-9-15(28-17(24)10-21-19(25)29-20(2,3)4)12-23(13)11-14-5-6-16-18(22-14)27-8-7-26-16/h5-6,13,15H,7-12H2,1-4H3,(H,21,25)/t13-,15+/m0/s1. The van der Waals surface area contributed by atoms with Gasteiger partial charge in [0.05, 0.1) is 5.69 Å². The number of hydrogen-bond donors (Lipinski definition) is 1. The summed E-state index contributed by atoms with van der Waals surface area (Å²) in [4.78, 5) is 30.4. The summed E-state index contributed by atoms with van der Waals surface area (Å²) in [6, 6.07) is 4.03. The second-order valence-electron chi connectivity index (χ2n) is 8.28. The molecule has 9 heteroatoms. The number of ether oxygens (including phenoxy) is 4. The molecule has 9 nitrogen and oxygen atoms in total. The third kappa shape index (κ3) is 6.22. The molecule has 0 unspecified atom stereocenters. The molecule has 2 atom stereocenters. The number of pyridine rings is 1. The maximum atomic E-state index is 12.0. The highest BCUT2D eigenvalue weighted by molar-refractivity contribution is 5.78. The van der Waals surface area contributed by atoms with Gasteiger partial charge in [0.15, 0.2) is 5.75 Å². The van der Waals surface area contributed by atoms with E-state index in [1.807, 2.05) is 12.1 Å². The predicted octanol–water partition coefficient (Wildman–Crippen LogP) is 1.88. The Morgan fingerprint density at radius 1 is 1.28 bits per heavy atom. The molecule has 0 aliphatic carbocycles. The first-order valence-corrected chi connectivity index (χ1v) is 9.85. The lowest BCUT2D eigenvalue weighted by molar-refractivity contribution is -0.147. The van der Waals surface area contributed by atoms with Gasteiger partial charge in [0.1, 0.15) is 31.5 Å². The van der Waals surface area contributed by atoms with Crippen molar-refractivity contribution < 1.29 is 28.5 Å². The number of amides is 1. The first-order chi connectivity index (χ1) is 13.7. The van der Waals surface area contributed by atoms with E-state index in [4.69, 9.17) is 18.9 Å². The van der Waals surface area contributed by atoms with Crippen molar-refractivity contribution in [1.29, 1.82) is 0 Å². The summed E-state index contributed by atoms with van der Waals surface area (Å²) in [5, 5.41) is 2.42. The zero-order chi connectivity index (χ0) is 21.0. The molecule has 160 valence electrons. The Morgan fingerprint density at radius 2 is 2.03 bits per heavy atom. The lowest BCUT2D eigenvalue weighted by atomic mass is 10.2. The molecule has 2 aliphatic rings. The van der Waals surface area contributed by atoms with E-state index >= 15 is 0 Å². The fraction of sp³-hybridized carbons (Fsp3) is 0.650. The maximum absolute atomic E-state index is 12.0. The van der Waals surface area contributed by atoms with E-state index in [1.165, 1.54) is 0 Å². The Labute approximate surface area is 170 Å². The van der Waals surface area contributed by atoms with Gasteiger partial charge in [-0.1, -0.05) is 0 Å². The number of likely N-dealkylation sites (tertiary alicyclic amines) is 1. The molecule has 3 rings (SSSR count). The van der Waals surface area contributed by atoms with Gasteiger partial charge in [0.25, 0.3) is 5.88 Å². The van der Waals surface area contributed by atoms with Crippen LogP contribution in [0, 0.1) is 0 Å². The van der Waals surface area contributed by atoms with E-state index in [1.54, 1.807) is 20.8 Å². The van der Waals surface area contributed by atoms with Crippen LogP contribution in [0.2, 0.25) is 0 Å². The zero-order valence-electron chi connectivity index (χ0n) is 17.4. The highest BCUT2D eigenvalue weighted by atomic mass is 16.6. The number of rotatable bonds is 5. The number of nitrogens with one attached hydrogen (secondary N) is 1. The third-order valence-corrected chi connectivity index (χ3v) is 4.57. The molecule has 0 bridgehead atoms. The first kappa shape index (κ1) is 21.2. The topological polar surface area (TPSA) is 99.2 Å². The highest BCUT2D eigenvalue weighted by Crippen LogP contribution is 2.29. The van der Waals surface area contributed by atoms with Crippen LogP contribution < -0.4 is 14.8 Å². The molecule has 1 amide bonds. The van der Waals surface area contributed by atoms with Crippen LogP contribution in [-0.4, -0.2) is 66.0 Å². The molecule has 29 heavy (non-hydrogen) atoms. The fourth-order valence-electron chi connectivity index (χ4n) is 3.30. The lowest BCUT2D eigenvalue weighted by Gasteiger charge is -2.22. The first-order valence-electron chi connectivity index (χ1n) is 9.85. The number of esters is 1. The average molecular weight is 407 g/mol. The van der Waals surface area contributed by atoms with Crippen molar-refractivity contribution in [2.75, 3.05) is 26.3 Å². The molecule has 1 fully saturated rings. The van der Waals surface area contributed by atoms with Crippen LogP contribution in [0.5, 0.6) is 11.6 Å². The second kappa shape index (κ2) is 8.86. The Balaban J connectivity index is 1.45. The number of alkyl carbamates (subject to hydrolysis) is 1. The van der Waals surface area contributed by atoms with Crippen molar-refractivity contribution in [3.05, 3.63) is 17.8 Å². The van der Waals surface area contributed by atoms with Gasteiger partial charge in [-0.2, -0.15) is 0 Å². The van der Waals surface area contributed by atoms with Gasteiger partial charge in [-0.3, -0.25) is 9.69 Å². The summed E-state index contributed by atoms with van der Waals surface area (Å²) in [5.74, 6) is 0.711. The van der Waals surface area contributed by atoms with Crippen molar-refractivity contribution in [2.24, 2.45) is 0 Å². The largest absolute Gasteiger partial charge is 0.484 e. The van der Waals surface area contributed by atoms with Crippen molar-refractivity contribution in [3.8, 4) is 11.6 Å². The average Bonchev–Trinajstić information content (AvgIpc) is 2.97. The fourth-order valence-corrected chi connectivity index (χ4v) is 3.30. The number of fused-ring (bicyclic) bond motifs is 1. The minimum atomic E-state index is -0.638. The number of hydrogen-bond acceptors (Lipinski definition) is 8. The molecule has 3 heterocycles. The molecule has 1 aromatic rings. The lowest BCUT2D eigenvalue weighted by Crippen LogP contribution is -2.37. The van der Waals surface area contributed by atoms with E-state index in [9.17, 15) is 9.59 Å². The molecule has 0 aromatic carbocycles. The molecule has 0 saturated carbocycles. The Bertz CT molecular complexity index is 748. The molecule has 1 aromatic heterocycles. The van der Waals surface area contributed by atoms with E-state index in [0.29, 0.717) is 37.9 Å². The van der Waals surface area contributed by atoms with Crippen molar-refractivity contribution in [3.63, 3.8) is 0 Å². The minimum Gasteiger partial charge on any atom is -0.484 e. The van der Waals surface area contributed by atoms with Crippen LogP contribution in [0.4, 0.5) is 4.79 Å². The molecule has 1 N–H and O–H groups in total. The summed E-state index contributed by atoms with van der Waals surface area (Å²) >= 11 is 0. The summed E-state index contributed by atoms with van der Waals surface area (Å²) in [6.45, 7) is 9.42. The van der Waals surface area contributed by atoms with E-state index in [2.05, 4.69) is 22.1 Å². The summed E-state index contributed by atoms with van der Waals surface area (Å²) in [6.07, 6.45) is -0.140. The summed E-state index contributed by atoms with van der Waals surface area (Å²) in [7, 11) is 0. The van der Waals surface area contributed by atoms with Gasteiger partial charge in [-0.05, 0) is 39.8 Å². The second-order valence-corrected chi connectivity index (χ2v) is 8.28. The zero-order valence-corrected chi connectivity index (χ0v) is 17.4. The van der Waals surface area contributed by atoms with Crippen molar-refractivity contribution >= 4 is 12.1 Å².